The Morgan fingerprint density at radius 2 is 0.714 bits per heavy atom. The van der Waals surface area contributed by atoms with Crippen LogP contribution in [0.5, 0.6) is 0 Å². The zero-order valence-corrected chi connectivity index (χ0v) is 5.90. The number of rotatable bonds is 0. The van der Waals surface area contributed by atoms with Gasteiger partial charge in [0.1, 0.15) is 0 Å². The van der Waals surface area contributed by atoms with Crippen LogP contribution in [0.1, 0.15) is 0 Å². The monoisotopic (exact) mass is 212 g/mol. The van der Waals surface area contributed by atoms with Gasteiger partial charge in [0, 0.05) is 33.0 Å². The van der Waals surface area contributed by atoms with E-state index in [1.807, 2.05) is 0 Å². The van der Waals surface area contributed by atoms with Crippen LogP contribution in [0.25, 0.3) is 0 Å². The van der Waals surface area contributed by atoms with E-state index in [1.54, 1.807) is 0 Å². The van der Waals surface area contributed by atoms with E-state index in [0.29, 0.717) is 0 Å². The number of hydrogen-bond acceptors (Lipinski definition) is 4. The predicted molar refractivity (Wildman–Crippen MR) is 14.6 cm³/mol. The molecule has 0 saturated heterocycles. The van der Waals surface area contributed by atoms with Crippen LogP contribution in [-0.4, -0.2) is 28.2 Å². The molecule has 0 aliphatic heterocycles. The smallest absolute Gasteiger partial charge is 0.368 e. The normalized spacial score (nSPS) is 8.57. The fraction of sp³-hybridized carbons (Fsp3) is 0. The van der Waals surface area contributed by atoms with Crippen molar-refractivity contribution in [2.45, 2.75) is 0 Å². The molecule has 4 N–H and O–H groups in total. The SMILES string of the molecule is O[Si](O)(O)O.[Ni].[Ni]. The molecule has 0 aliphatic rings. The summed E-state index contributed by atoms with van der Waals surface area (Å²) in [5, 5.41) is 0. The molecule has 0 atom stereocenters. The van der Waals surface area contributed by atoms with E-state index in [2.05, 4.69) is 0 Å². The predicted octanol–water partition coefficient (Wildman–Crippen LogP) is -2.61. The van der Waals surface area contributed by atoms with Crippen molar-refractivity contribution in [3.05, 3.63) is 0 Å². The summed E-state index contributed by atoms with van der Waals surface area (Å²) in [6, 6.07) is 0. The first kappa shape index (κ1) is 15.7. The van der Waals surface area contributed by atoms with Crippen molar-refractivity contribution in [1.82, 2.24) is 0 Å². The standard InChI is InChI=1S/2Ni.H4O4Si/c;;1-5(2,3)4/h;;1-4H. The molecule has 0 unspecified atom stereocenters. The van der Waals surface area contributed by atoms with E-state index in [0.717, 1.165) is 0 Å². The van der Waals surface area contributed by atoms with Crippen LogP contribution in [0, 0.1) is 0 Å². The van der Waals surface area contributed by atoms with Crippen molar-refractivity contribution in [2.24, 2.45) is 0 Å². The van der Waals surface area contributed by atoms with E-state index in [1.165, 1.54) is 0 Å². The largest absolute Gasteiger partial charge is 0.668 e. The summed E-state index contributed by atoms with van der Waals surface area (Å²) in [4.78, 5) is 29.3. The van der Waals surface area contributed by atoms with Gasteiger partial charge in [-0.15, -0.1) is 0 Å². The van der Waals surface area contributed by atoms with Crippen molar-refractivity contribution in [2.75, 3.05) is 0 Å². The van der Waals surface area contributed by atoms with E-state index in [-0.39, 0.29) is 33.0 Å². The minimum Gasteiger partial charge on any atom is -0.368 e. The van der Waals surface area contributed by atoms with Gasteiger partial charge >= 0.3 is 9.05 Å². The molecule has 7 heavy (non-hydrogen) atoms. The minimum atomic E-state index is -4.61. The second-order valence-electron chi connectivity index (χ2n) is 0.600. The van der Waals surface area contributed by atoms with Crippen LogP contribution in [-0.2, 0) is 33.0 Å². The van der Waals surface area contributed by atoms with Gasteiger partial charge in [-0.3, -0.25) is 0 Å². The molecule has 0 aliphatic carbocycles. The molecule has 0 aromatic rings. The summed E-state index contributed by atoms with van der Waals surface area (Å²) in [6.07, 6.45) is 0. The first-order valence-electron chi connectivity index (χ1n) is 0.894. The Morgan fingerprint density at radius 3 is 0.714 bits per heavy atom. The summed E-state index contributed by atoms with van der Waals surface area (Å²) < 4.78 is 0. The molecule has 4 nitrogen and oxygen atoms in total. The zero-order chi connectivity index (χ0) is 4.50. The molecule has 0 aromatic heterocycles. The average Bonchev–Trinajstić information content (AvgIpc) is 0.722. The van der Waals surface area contributed by atoms with Crippen LogP contribution in [0.3, 0.4) is 0 Å². The maximum atomic E-state index is 7.33. The molecule has 0 radical (unpaired) electrons. The third-order valence-corrected chi connectivity index (χ3v) is 0. The summed E-state index contributed by atoms with van der Waals surface area (Å²) >= 11 is 0. The van der Waals surface area contributed by atoms with Gasteiger partial charge in [-0.1, -0.05) is 0 Å². The van der Waals surface area contributed by atoms with Crippen LogP contribution in [0.4, 0.5) is 0 Å². The first-order valence-corrected chi connectivity index (χ1v) is 2.68. The Balaban J connectivity index is -0.0000000800. The molecule has 0 fully saturated rings. The fourth-order valence-electron chi connectivity index (χ4n) is 0. The maximum absolute atomic E-state index is 7.33. The van der Waals surface area contributed by atoms with Gasteiger partial charge in [0.15, 0.2) is 0 Å². The molecular weight excluding hydrogens is 209 g/mol. The third kappa shape index (κ3) is 164. The first-order chi connectivity index (χ1) is 2.00. The topological polar surface area (TPSA) is 80.9 Å². The molecule has 0 spiro atoms. The Morgan fingerprint density at radius 1 is 0.714 bits per heavy atom. The summed E-state index contributed by atoms with van der Waals surface area (Å²) in [6.45, 7) is 0. The van der Waals surface area contributed by atoms with E-state index in [4.69, 9.17) is 19.2 Å². The Bertz CT molecular complexity index is 25.2. The van der Waals surface area contributed by atoms with E-state index >= 15 is 0 Å². The van der Waals surface area contributed by atoms with Crippen molar-refractivity contribution >= 4 is 9.05 Å². The zero-order valence-electron chi connectivity index (χ0n) is 2.92. The van der Waals surface area contributed by atoms with Gasteiger partial charge in [0.25, 0.3) is 0 Å². The van der Waals surface area contributed by atoms with Gasteiger partial charge in [-0.05, 0) is 0 Å². The Labute approximate surface area is 61.5 Å². The Hall–Kier alpha value is 1.04. The van der Waals surface area contributed by atoms with E-state index < -0.39 is 9.05 Å². The van der Waals surface area contributed by atoms with Crippen LogP contribution in [0.2, 0.25) is 0 Å². The summed E-state index contributed by atoms with van der Waals surface area (Å²) in [7, 11) is -4.61. The van der Waals surface area contributed by atoms with Gasteiger partial charge < -0.3 is 19.2 Å². The van der Waals surface area contributed by atoms with Crippen molar-refractivity contribution < 1.29 is 52.2 Å². The molecule has 0 aromatic carbocycles. The van der Waals surface area contributed by atoms with E-state index in [9.17, 15) is 0 Å². The molecular formula is H4Ni2O4Si. The van der Waals surface area contributed by atoms with Gasteiger partial charge in [0.05, 0.1) is 0 Å². The molecule has 52 valence electrons. The minimum absolute atomic E-state index is 0. The summed E-state index contributed by atoms with van der Waals surface area (Å²) in [5.41, 5.74) is 0. The summed E-state index contributed by atoms with van der Waals surface area (Å²) in [5.74, 6) is 0. The van der Waals surface area contributed by atoms with Crippen molar-refractivity contribution in [3.8, 4) is 0 Å². The molecule has 0 bridgehead atoms. The average molecular weight is 214 g/mol. The molecule has 0 rings (SSSR count). The maximum Gasteiger partial charge on any atom is 0.668 e. The van der Waals surface area contributed by atoms with Gasteiger partial charge in [-0.2, -0.15) is 0 Å². The van der Waals surface area contributed by atoms with Crippen molar-refractivity contribution in [3.63, 3.8) is 0 Å². The second-order valence-corrected chi connectivity index (χ2v) is 1.80. The van der Waals surface area contributed by atoms with Gasteiger partial charge in [0.2, 0.25) is 0 Å². The van der Waals surface area contributed by atoms with Crippen LogP contribution >= 0.6 is 0 Å². The fourth-order valence-corrected chi connectivity index (χ4v) is 0. The molecule has 0 amide bonds. The molecule has 7 heteroatoms. The molecule has 0 heterocycles. The Kier molecular flexibility index (Phi) is 11.6. The second kappa shape index (κ2) is 5.19. The quantitative estimate of drug-likeness (QED) is 0.332. The van der Waals surface area contributed by atoms with Crippen molar-refractivity contribution in [1.29, 1.82) is 0 Å². The number of hydrogen-bond donors (Lipinski definition) is 4. The third-order valence-electron chi connectivity index (χ3n) is 0. The van der Waals surface area contributed by atoms with Gasteiger partial charge in [-0.25, -0.2) is 0 Å². The van der Waals surface area contributed by atoms with Crippen LogP contribution < -0.4 is 0 Å². The van der Waals surface area contributed by atoms with Crippen LogP contribution in [0.15, 0.2) is 0 Å². The molecule has 0 saturated carbocycles.